The summed E-state index contributed by atoms with van der Waals surface area (Å²) in [5.74, 6) is 0.238. The molecular formula is C25H32N6O3S2. The molecule has 3 aromatic heterocycles. The van der Waals surface area contributed by atoms with Crippen LogP contribution in [0.5, 0.6) is 0 Å². The Morgan fingerprint density at radius 3 is 2.56 bits per heavy atom. The number of aliphatic hydroxyl groups is 3. The number of thiazole rings is 2. The average Bonchev–Trinajstić information content (AvgIpc) is 3.57. The highest BCUT2D eigenvalue weighted by molar-refractivity contribution is 7.21. The summed E-state index contributed by atoms with van der Waals surface area (Å²) < 4.78 is 1.15. The molecule has 0 bridgehead atoms. The van der Waals surface area contributed by atoms with Gasteiger partial charge in [0.25, 0.3) is 0 Å². The average molecular weight is 529 g/mol. The molecule has 192 valence electrons. The van der Waals surface area contributed by atoms with E-state index in [2.05, 4.69) is 21.7 Å². The maximum Gasteiger partial charge on any atom is 0.225 e. The second-order valence-corrected chi connectivity index (χ2v) is 11.3. The predicted octanol–water partition coefficient (Wildman–Crippen LogP) is 4.41. The Hall–Kier alpha value is -2.70. The number of para-hydroxylation sites is 1. The molecule has 1 fully saturated rings. The van der Waals surface area contributed by atoms with Crippen LogP contribution < -0.4 is 10.6 Å². The molecule has 1 saturated carbocycles. The van der Waals surface area contributed by atoms with Crippen LogP contribution in [0.15, 0.2) is 35.8 Å². The van der Waals surface area contributed by atoms with Gasteiger partial charge in [-0.25, -0.2) is 15.0 Å². The van der Waals surface area contributed by atoms with Crippen molar-refractivity contribution >= 4 is 44.7 Å². The van der Waals surface area contributed by atoms with Crippen molar-refractivity contribution in [1.82, 2.24) is 19.9 Å². The van der Waals surface area contributed by atoms with Crippen molar-refractivity contribution in [3.05, 3.63) is 46.5 Å². The lowest BCUT2D eigenvalue weighted by molar-refractivity contribution is -0.127. The van der Waals surface area contributed by atoms with Gasteiger partial charge in [-0.1, -0.05) is 12.1 Å². The highest BCUT2D eigenvalue weighted by Gasteiger charge is 2.26. The zero-order chi connectivity index (χ0) is 25.7. The number of anilines is 2. The number of nitrogens with one attached hydrogen (secondary N) is 2. The molecule has 4 aromatic rings. The third-order valence-electron chi connectivity index (χ3n) is 5.62. The Labute approximate surface area is 218 Å². The van der Waals surface area contributed by atoms with Crippen LogP contribution >= 0.6 is 22.7 Å². The number of aliphatic hydroxyl groups excluding tert-OH is 1. The fourth-order valence-corrected chi connectivity index (χ4v) is 5.67. The zero-order valence-electron chi connectivity index (χ0n) is 20.6. The van der Waals surface area contributed by atoms with Gasteiger partial charge in [-0.3, -0.25) is 0 Å². The molecule has 5 rings (SSSR count). The molecule has 0 saturated heterocycles. The van der Waals surface area contributed by atoms with Crippen LogP contribution in [0.2, 0.25) is 0 Å². The maximum atomic E-state index is 9.54. The Kier molecular flexibility index (Phi) is 8.47. The molecule has 0 amide bonds. The molecule has 0 spiro atoms. The number of nitrogens with zero attached hydrogens (tertiary/aromatic N) is 4. The fraction of sp³-hybridized carbons (Fsp3) is 0.440. The summed E-state index contributed by atoms with van der Waals surface area (Å²) in [6, 6.07) is 8.45. The van der Waals surface area contributed by atoms with E-state index in [4.69, 9.17) is 25.2 Å². The van der Waals surface area contributed by atoms with E-state index in [1.54, 1.807) is 28.9 Å². The second kappa shape index (κ2) is 11.6. The Morgan fingerprint density at radius 2 is 1.89 bits per heavy atom. The summed E-state index contributed by atoms with van der Waals surface area (Å²) in [6.07, 6.45) is 4.80. The van der Waals surface area contributed by atoms with Crippen molar-refractivity contribution < 1.29 is 15.3 Å². The first kappa shape index (κ1) is 26.4. The van der Waals surface area contributed by atoms with E-state index in [1.165, 1.54) is 13.8 Å². The molecule has 0 radical (unpaired) electrons. The van der Waals surface area contributed by atoms with E-state index in [1.807, 2.05) is 30.5 Å². The van der Waals surface area contributed by atoms with Gasteiger partial charge in [-0.2, -0.15) is 4.98 Å². The van der Waals surface area contributed by atoms with Crippen LogP contribution in [0.1, 0.15) is 43.8 Å². The Balaban J connectivity index is 0.000000556. The standard InChI is InChI=1S/C22H24N6OS2.C3H8O2/c1-13-19(21-27-16-4-2-3-5-17(16)31-21)20(26-15-7-6-14(10-15)12-29)28-22(25-13)24-11-18-23-8-9-30-18;1-3(2,4)5/h2-5,8-9,14-15,29H,6-7,10-12H2,1H3,(H2,24,25,26,28);4-5H,1-2H3/t14-,15+;/m1./s1. The van der Waals surface area contributed by atoms with E-state index in [0.717, 1.165) is 56.6 Å². The van der Waals surface area contributed by atoms with Crippen LogP contribution in [-0.4, -0.2) is 53.7 Å². The first-order valence-electron chi connectivity index (χ1n) is 11.9. The van der Waals surface area contributed by atoms with Gasteiger partial charge < -0.3 is 26.0 Å². The van der Waals surface area contributed by atoms with Crippen molar-refractivity contribution in [3.63, 3.8) is 0 Å². The molecule has 11 heteroatoms. The molecule has 0 unspecified atom stereocenters. The maximum absolute atomic E-state index is 9.54. The van der Waals surface area contributed by atoms with Crippen LogP contribution in [0.3, 0.4) is 0 Å². The summed E-state index contributed by atoms with van der Waals surface area (Å²) in [5.41, 5.74) is 2.82. The zero-order valence-corrected chi connectivity index (χ0v) is 22.2. The van der Waals surface area contributed by atoms with Gasteiger partial charge in [0.2, 0.25) is 5.95 Å². The van der Waals surface area contributed by atoms with E-state index in [9.17, 15) is 5.11 Å². The topological polar surface area (TPSA) is 136 Å². The quantitative estimate of drug-likeness (QED) is 0.221. The molecular weight excluding hydrogens is 496 g/mol. The minimum absolute atomic E-state index is 0.242. The van der Waals surface area contributed by atoms with E-state index in [-0.39, 0.29) is 12.6 Å². The molecule has 36 heavy (non-hydrogen) atoms. The Morgan fingerprint density at radius 1 is 1.11 bits per heavy atom. The van der Waals surface area contributed by atoms with Gasteiger partial charge in [-0.05, 0) is 58.1 Å². The van der Waals surface area contributed by atoms with Crippen LogP contribution in [-0.2, 0) is 6.54 Å². The van der Waals surface area contributed by atoms with Crippen LogP contribution in [0.4, 0.5) is 11.8 Å². The number of hydrogen-bond donors (Lipinski definition) is 5. The van der Waals surface area contributed by atoms with Gasteiger partial charge in [0.1, 0.15) is 15.8 Å². The van der Waals surface area contributed by atoms with Crippen molar-refractivity contribution in [2.75, 3.05) is 17.2 Å². The van der Waals surface area contributed by atoms with Gasteiger partial charge in [-0.15, -0.1) is 22.7 Å². The number of aromatic nitrogens is 4. The number of hydrogen-bond acceptors (Lipinski definition) is 11. The number of rotatable bonds is 7. The summed E-state index contributed by atoms with van der Waals surface area (Å²) in [5, 5.41) is 36.5. The highest BCUT2D eigenvalue weighted by Crippen LogP contribution is 2.37. The third kappa shape index (κ3) is 7.17. The summed E-state index contributed by atoms with van der Waals surface area (Å²) in [6.45, 7) is 5.44. The molecule has 1 aromatic carbocycles. The predicted molar refractivity (Wildman–Crippen MR) is 145 cm³/mol. The number of fused-ring (bicyclic) bond motifs is 1. The smallest absolute Gasteiger partial charge is 0.225 e. The fourth-order valence-electron chi connectivity index (χ4n) is 4.05. The summed E-state index contributed by atoms with van der Waals surface area (Å²) >= 11 is 3.26. The van der Waals surface area contributed by atoms with Gasteiger partial charge in [0.05, 0.1) is 28.0 Å². The lowest BCUT2D eigenvalue weighted by Gasteiger charge is -2.18. The van der Waals surface area contributed by atoms with Crippen LogP contribution in [0.25, 0.3) is 20.8 Å². The highest BCUT2D eigenvalue weighted by atomic mass is 32.1. The first-order valence-corrected chi connectivity index (χ1v) is 13.6. The minimum Gasteiger partial charge on any atom is -0.396 e. The normalized spacial score (nSPS) is 17.6. The molecule has 1 aliphatic rings. The molecule has 0 aliphatic heterocycles. The van der Waals surface area contributed by atoms with Crippen molar-refractivity contribution in [3.8, 4) is 10.6 Å². The monoisotopic (exact) mass is 528 g/mol. The number of aryl methyl sites for hydroxylation is 1. The van der Waals surface area contributed by atoms with Gasteiger partial charge in [0.15, 0.2) is 5.79 Å². The van der Waals surface area contributed by atoms with Crippen molar-refractivity contribution in [1.29, 1.82) is 0 Å². The van der Waals surface area contributed by atoms with Crippen molar-refractivity contribution in [2.45, 2.75) is 58.4 Å². The molecule has 2 atom stereocenters. The molecule has 3 heterocycles. The lowest BCUT2D eigenvalue weighted by Crippen LogP contribution is -2.19. The van der Waals surface area contributed by atoms with E-state index >= 15 is 0 Å². The Bertz CT molecular complexity index is 1230. The van der Waals surface area contributed by atoms with Gasteiger partial charge in [0, 0.05) is 24.2 Å². The van der Waals surface area contributed by atoms with Gasteiger partial charge >= 0.3 is 0 Å². The van der Waals surface area contributed by atoms with Crippen LogP contribution in [0, 0.1) is 12.8 Å². The molecule has 9 nitrogen and oxygen atoms in total. The third-order valence-corrected chi connectivity index (χ3v) is 7.45. The summed E-state index contributed by atoms with van der Waals surface area (Å²) in [7, 11) is 0. The number of benzene rings is 1. The SMILES string of the molecule is CC(C)(O)O.Cc1nc(NCc2nccs2)nc(N[C@H]2CC[C@@H](CO)C2)c1-c1nc2ccccc2s1. The second-order valence-electron chi connectivity index (χ2n) is 9.32. The van der Waals surface area contributed by atoms with Crippen molar-refractivity contribution in [2.24, 2.45) is 5.92 Å². The summed E-state index contributed by atoms with van der Waals surface area (Å²) in [4.78, 5) is 18.7. The van der Waals surface area contributed by atoms with E-state index < -0.39 is 5.79 Å². The molecule has 5 N–H and O–H groups in total. The largest absolute Gasteiger partial charge is 0.396 e. The van der Waals surface area contributed by atoms with E-state index in [0.29, 0.717) is 18.4 Å². The molecule has 1 aliphatic carbocycles. The lowest BCUT2D eigenvalue weighted by atomic mass is 10.1. The minimum atomic E-state index is -1.50. The first-order chi connectivity index (χ1) is 17.2.